The predicted octanol–water partition coefficient (Wildman–Crippen LogP) is 1.21. The molecule has 5 heteroatoms. The Bertz CT molecular complexity index is 374. The Morgan fingerprint density at radius 2 is 2.10 bits per heavy atom. The molecule has 1 amide bonds. The number of hydrogen-bond acceptors (Lipinski definition) is 2. The second kappa shape index (κ2) is 6.46. The quantitative estimate of drug-likeness (QED) is 0.452. The Labute approximate surface area is 122 Å². The largest absolute Gasteiger partial charge is 0.357 e. The summed E-state index contributed by atoms with van der Waals surface area (Å²) < 4.78 is 0. The SMILES string of the molecule is CCNC(=NCCNC(=O)C1CC1)N1CCC(C)(C)C1. The lowest BCUT2D eigenvalue weighted by Gasteiger charge is -2.23. The molecule has 1 saturated carbocycles. The lowest BCUT2D eigenvalue weighted by molar-refractivity contribution is -0.122. The van der Waals surface area contributed by atoms with Crippen molar-refractivity contribution in [2.45, 2.75) is 40.0 Å². The van der Waals surface area contributed by atoms with Crippen molar-refractivity contribution in [2.75, 3.05) is 32.7 Å². The van der Waals surface area contributed by atoms with Gasteiger partial charge in [0.05, 0.1) is 6.54 Å². The van der Waals surface area contributed by atoms with Crippen LogP contribution in [0.5, 0.6) is 0 Å². The number of nitrogens with one attached hydrogen (secondary N) is 2. The van der Waals surface area contributed by atoms with Crippen molar-refractivity contribution in [2.24, 2.45) is 16.3 Å². The van der Waals surface area contributed by atoms with Crippen molar-refractivity contribution in [1.82, 2.24) is 15.5 Å². The van der Waals surface area contributed by atoms with E-state index in [0.29, 0.717) is 18.5 Å². The van der Waals surface area contributed by atoms with Gasteiger partial charge in [0, 0.05) is 32.1 Å². The average molecular weight is 280 g/mol. The Kier molecular flexibility index (Phi) is 4.89. The fourth-order valence-corrected chi connectivity index (χ4v) is 2.55. The summed E-state index contributed by atoms with van der Waals surface area (Å²) in [6.45, 7) is 11.0. The van der Waals surface area contributed by atoms with Crippen molar-refractivity contribution >= 4 is 11.9 Å². The number of guanidine groups is 1. The Morgan fingerprint density at radius 3 is 2.65 bits per heavy atom. The maximum absolute atomic E-state index is 11.5. The standard InChI is InChI=1S/C15H28N4O/c1-4-16-14(19-10-7-15(2,3)11-19)18-9-8-17-13(20)12-5-6-12/h12H,4-11H2,1-3H3,(H,16,18)(H,17,20). The van der Waals surface area contributed by atoms with Crippen LogP contribution >= 0.6 is 0 Å². The van der Waals surface area contributed by atoms with Crippen molar-refractivity contribution < 1.29 is 4.79 Å². The van der Waals surface area contributed by atoms with Gasteiger partial charge in [-0.05, 0) is 31.6 Å². The number of rotatable bonds is 5. The molecule has 0 atom stereocenters. The second-order valence-electron chi connectivity index (χ2n) is 6.64. The second-order valence-corrected chi connectivity index (χ2v) is 6.64. The van der Waals surface area contributed by atoms with Crippen LogP contribution in [0, 0.1) is 11.3 Å². The van der Waals surface area contributed by atoms with Crippen LogP contribution in [0.4, 0.5) is 0 Å². The van der Waals surface area contributed by atoms with Gasteiger partial charge in [0.15, 0.2) is 5.96 Å². The van der Waals surface area contributed by atoms with Crippen molar-refractivity contribution in [1.29, 1.82) is 0 Å². The van der Waals surface area contributed by atoms with E-state index >= 15 is 0 Å². The van der Waals surface area contributed by atoms with Crippen LogP contribution < -0.4 is 10.6 Å². The van der Waals surface area contributed by atoms with E-state index in [1.165, 1.54) is 6.42 Å². The Balaban J connectivity index is 1.78. The van der Waals surface area contributed by atoms with Gasteiger partial charge in [-0.15, -0.1) is 0 Å². The maximum Gasteiger partial charge on any atom is 0.223 e. The molecular formula is C15H28N4O. The average Bonchev–Trinajstić information content (AvgIpc) is 3.17. The molecule has 0 aromatic rings. The van der Waals surface area contributed by atoms with Crippen LogP contribution in [-0.4, -0.2) is 49.5 Å². The van der Waals surface area contributed by atoms with Crippen molar-refractivity contribution in [3.63, 3.8) is 0 Å². The zero-order valence-electron chi connectivity index (χ0n) is 13.0. The number of aliphatic imine (C=N–C) groups is 1. The minimum absolute atomic E-state index is 0.201. The molecule has 1 saturated heterocycles. The third kappa shape index (κ3) is 4.39. The van der Waals surface area contributed by atoms with Gasteiger partial charge in [-0.2, -0.15) is 0 Å². The van der Waals surface area contributed by atoms with Crippen LogP contribution in [0.25, 0.3) is 0 Å². The zero-order valence-corrected chi connectivity index (χ0v) is 13.0. The lowest BCUT2D eigenvalue weighted by atomic mass is 9.93. The number of carbonyl (C=O) groups excluding carboxylic acids is 1. The van der Waals surface area contributed by atoms with Crippen LogP contribution in [0.1, 0.15) is 40.0 Å². The van der Waals surface area contributed by atoms with E-state index in [0.717, 1.165) is 38.4 Å². The van der Waals surface area contributed by atoms with Gasteiger partial charge < -0.3 is 15.5 Å². The van der Waals surface area contributed by atoms with Crippen LogP contribution in [0.3, 0.4) is 0 Å². The molecule has 0 spiro atoms. The molecule has 114 valence electrons. The van der Waals surface area contributed by atoms with Crippen LogP contribution in [0.2, 0.25) is 0 Å². The molecule has 0 radical (unpaired) electrons. The van der Waals surface area contributed by atoms with Crippen molar-refractivity contribution in [3.05, 3.63) is 0 Å². The molecule has 0 bridgehead atoms. The molecule has 0 aromatic heterocycles. The first-order valence-electron chi connectivity index (χ1n) is 7.83. The number of likely N-dealkylation sites (tertiary alicyclic amines) is 1. The van der Waals surface area contributed by atoms with E-state index in [1.54, 1.807) is 0 Å². The minimum atomic E-state index is 0.201. The van der Waals surface area contributed by atoms with Gasteiger partial charge >= 0.3 is 0 Å². The molecule has 1 heterocycles. The van der Waals surface area contributed by atoms with E-state index in [4.69, 9.17) is 0 Å². The van der Waals surface area contributed by atoms with Crippen LogP contribution in [0.15, 0.2) is 4.99 Å². The molecule has 20 heavy (non-hydrogen) atoms. The molecule has 2 rings (SSSR count). The van der Waals surface area contributed by atoms with Gasteiger partial charge in [-0.3, -0.25) is 9.79 Å². The first kappa shape index (κ1) is 15.1. The van der Waals surface area contributed by atoms with Gasteiger partial charge in [-0.25, -0.2) is 0 Å². The molecule has 5 nitrogen and oxygen atoms in total. The number of hydrogen-bond donors (Lipinski definition) is 2. The summed E-state index contributed by atoms with van der Waals surface area (Å²) in [5.41, 5.74) is 0.371. The summed E-state index contributed by atoms with van der Waals surface area (Å²) >= 11 is 0. The van der Waals surface area contributed by atoms with E-state index in [9.17, 15) is 4.79 Å². The smallest absolute Gasteiger partial charge is 0.223 e. The zero-order chi connectivity index (χ0) is 14.6. The number of nitrogens with zero attached hydrogens (tertiary/aromatic N) is 2. The monoisotopic (exact) mass is 280 g/mol. The number of amides is 1. The predicted molar refractivity (Wildman–Crippen MR) is 81.7 cm³/mol. The summed E-state index contributed by atoms with van der Waals surface area (Å²) in [5, 5.41) is 6.31. The summed E-state index contributed by atoms with van der Waals surface area (Å²) in [6, 6.07) is 0. The Hall–Kier alpha value is -1.26. The van der Waals surface area contributed by atoms with Gasteiger partial charge in [0.25, 0.3) is 0 Å². The molecule has 1 aliphatic heterocycles. The molecule has 1 aliphatic carbocycles. The third-order valence-electron chi connectivity index (χ3n) is 3.93. The minimum Gasteiger partial charge on any atom is -0.357 e. The van der Waals surface area contributed by atoms with Crippen molar-refractivity contribution in [3.8, 4) is 0 Å². The summed E-state index contributed by atoms with van der Waals surface area (Å²) in [6.07, 6.45) is 3.32. The highest BCUT2D eigenvalue weighted by molar-refractivity contribution is 5.81. The number of carbonyl (C=O) groups is 1. The van der Waals surface area contributed by atoms with Gasteiger partial charge in [0.2, 0.25) is 5.91 Å². The van der Waals surface area contributed by atoms with E-state index in [2.05, 4.69) is 41.3 Å². The molecule has 2 N–H and O–H groups in total. The molecule has 0 unspecified atom stereocenters. The maximum atomic E-state index is 11.5. The fourth-order valence-electron chi connectivity index (χ4n) is 2.55. The van der Waals surface area contributed by atoms with E-state index in [1.807, 2.05) is 0 Å². The van der Waals surface area contributed by atoms with Gasteiger partial charge in [-0.1, -0.05) is 13.8 Å². The van der Waals surface area contributed by atoms with Gasteiger partial charge in [0.1, 0.15) is 0 Å². The first-order chi connectivity index (χ1) is 9.52. The molecule has 2 aliphatic rings. The first-order valence-corrected chi connectivity index (χ1v) is 7.83. The summed E-state index contributed by atoms with van der Waals surface area (Å²) in [5.74, 6) is 1.47. The highest BCUT2D eigenvalue weighted by Crippen LogP contribution is 2.29. The highest BCUT2D eigenvalue weighted by atomic mass is 16.2. The lowest BCUT2D eigenvalue weighted by Crippen LogP contribution is -2.41. The van der Waals surface area contributed by atoms with E-state index in [-0.39, 0.29) is 11.8 Å². The molecule has 2 fully saturated rings. The summed E-state index contributed by atoms with van der Waals surface area (Å²) in [4.78, 5) is 18.5. The topological polar surface area (TPSA) is 56.7 Å². The fraction of sp³-hybridized carbons (Fsp3) is 0.867. The molecule has 0 aromatic carbocycles. The summed E-state index contributed by atoms with van der Waals surface area (Å²) in [7, 11) is 0. The molecular weight excluding hydrogens is 252 g/mol. The normalized spacial score (nSPS) is 21.9. The van der Waals surface area contributed by atoms with E-state index < -0.39 is 0 Å². The Morgan fingerprint density at radius 1 is 1.35 bits per heavy atom. The highest BCUT2D eigenvalue weighted by Gasteiger charge is 2.31. The van der Waals surface area contributed by atoms with Crippen LogP contribution in [-0.2, 0) is 4.79 Å². The third-order valence-corrected chi connectivity index (χ3v) is 3.93.